The lowest BCUT2D eigenvalue weighted by Crippen LogP contribution is -1.95. The summed E-state index contributed by atoms with van der Waals surface area (Å²) < 4.78 is 0. The highest BCUT2D eigenvalue weighted by atomic mass is 32.1. The van der Waals surface area contributed by atoms with E-state index < -0.39 is 5.97 Å². The molecule has 1 heterocycles. The number of carboxylic acid groups (broad SMARTS) is 1. The van der Waals surface area contributed by atoms with Gasteiger partial charge in [0.2, 0.25) is 0 Å². The molecule has 3 heteroatoms. The zero-order chi connectivity index (χ0) is 9.14. The van der Waals surface area contributed by atoms with Crippen LogP contribution in [-0.4, -0.2) is 11.1 Å². The molecule has 0 atom stereocenters. The summed E-state index contributed by atoms with van der Waals surface area (Å²) in [5, 5.41) is 8.74. The standard InChI is InChI=1S/C9H8O2S/c1-3-4-8-7(9(10)11)5-6(2)12-8/h5H,1-2H3,(H,10,11). The van der Waals surface area contributed by atoms with E-state index in [-0.39, 0.29) is 0 Å². The molecule has 0 aromatic carbocycles. The van der Waals surface area contributed by atoms with Gasteiger partial charge in [0.05, 0.1) is 10.4 Å². The van der Waals surface area contributed by atoms with Gasteiger partial charge in [-0.2, -0.15) is 0 Å². The van der Waals surface area contributed by atoms with Crippen LogP contribution < -0.4 is 0 Å². The zero-order valence-electron chi connectivity index (χ0n) is 6.84. The predicted octanol–water partition coefficient (Wildman–Crippen LogP) is 2.13. The van der Waals surface area contributed by atoms with Gasteiger partial charge >= 0.3 is 5.97 Å². The third-order valence-electron chi connectivity index (χ3n) is 1.32. The number of aryl methyl sites for hydroxylation is 1. The van der Waals surface area contributed by atoms with E-state index in [0.717, 1.165) is 4.88 Å². The van der Waals surface area contributed by atoms with Gasteiger partial charge in [-0.05, 0) is 19.9 Å². The van der Waals surface area contributed by atoms with Crippen molar-refractivity contribution in [2.45, 2.75) is 13.8 Å². The smallest absolute Gasteiger partial charge is 0.337 e. The van der Waals surface area contributed by atoms with Gasteiger partial charge in [0.25, 0.3) is 0 Å². The summed E-state index contributed by atoms with van der Waals surface area (Å²) in [6, 6.07) is 1.65. The Morgan fingerprint density at radius 1 is 1.67 bits per heavy atom. The molecule has 1 aromatic heterocycles. The summed E-state index contributed by atoms with van der Waals surface area (Å²) in [5.41, 5.74) is 0.312. The van der Waals surface area contributed by atoms with Crippen LogP contribution >= 0.6 is 11.3 Å². The number of aromatic carboxylic acids is 1. The Kier molecular flexibility index (Phi) is 2.51. The minimum atomic E-state index is -0.905. The molecule has 0 unspecified atom stereocenters. The molecule has 0 aliphatic heterocycles. The van der Waals surface area contributed by atoms with Crippen molar-refractivity contribution in [2.24, 2.45) is 0 Å². The molecule has 0 aliphatic rings. The van der Waals surface area contributed by atoms with Crippen LogP contribution in [0.5, 0.6) is 0 Å². The van der Waals surface area contributed by atoms with Crippen molar-refractivity contribution in [2.75, 3.05) is 0 Å². The number of carbonyl (C=O) groups is 1. The van der Waals surface area contributed by atoms with Crippen LogP contribution in [0.25, 0.3) is 0 Å². The maximum absolute atomic E-state index is 10.6. The van der Waals surface area contributed by atoms with E-state index in [1.54, 1.807) is 13.0 Å². The molecule has 1 aromatic rings. The van der Waals surface area contributed by atoms with E-state index in [1.807, 2.05) is 6.92 Å². The van der Waals surface area contributed by atoms with Crippen molar-refractivity contribution < 1.29 is 9.90 Å². The lowest BCUT2D eigenvalue weighted by molar-refractivity contribution is 0.0697. The quantitative estimate of drug-likeness (QED) is 0.672. The van der Waals surface area contributed by atoms with Crippen LogP contribution in [0.4, 0.5) is 0 Å². The highest BCUT2D eigenvalue weighted by Crippen LogP contribution is 2.20. The Morgan fingerprint density at radius 2 is 2.33 bits per heavy atom. The highest BCUT2D eigenvalue weighted by molar-refractivity contribution is 7.12. The second-order valence-electron chi connectivity index (χ2n) is 2.28. The molecule has 0 amide bonds. The van der Waals surface area contributed by atoms with Gasteiger partial charge in [0.15, 0.2) is 0 Å². The molecule has 12 heavy (non-hydrogen) atoms. The van der Waals surface area contributed by atoms with Crippen molar-refractivity contribution in [1.29, 1.82) is 0 Å². The summed E-state index contributed by atoms with van der Waals surface area (Å²) in [6.45, 7) is 3.57. The molecular formula is C9H8O2S. The number of hydrogen-bond acceptors (Lipinski definition) is 2. The van der Waals surface area contributed by atoms with Crippen LogP contribution in [-0.2, 0) is 0 Å². The van der Waals surface area contributed by atoms with Crippen molar-refractivity contribution in [3.05, 3.63) is 21.4 Å². The average Bonchev–Trinajstić information content (AvgIpc) is 2.32. The second-order valence-corrected chi connectivity index (χ2v) is 3.54. The van der Waals surface area contributed by atoms with Gasteiger partial charge in [-0.25, -0.2) is 4.79 Å². The highest BCUT2D eigenvalue weighted by Gasteiger charge is 2.11. The van der Waals surface area contributed by atoms with Crippen molar-refractivity contribution in [3.8, 4) is 11.8 Å². The first-order valence-electron chi connectivity index (χ1n) is 3.41. The normalized spacial score (nSPS) is 8.83. The first-order chi connectivity index (χ1) is 5.65. The summed E-state index contributed by atoms with van der Waals surface area (Å²) >= 11 is 1.41. The van der Waals surface area contributed by atoms with E-state index >= 15 is 0 Å². The Labute approximate surface area is 74.9 Å². The molecule has 1 rings (SSSR count). The molecule has 0 bridgehead atoms. The zero-order valence-corrected chi connectivity index (χ0v) is 7.66. The third-order valence-corrected chi connectivity index (χ3v) is 2.29. The Bertz CT molecular complexity index is 366. The van der Waals surface area contributed by atoms with E-state index in [0.29, 0.717) is 10.4 Å². The minimum Gasteiger partial charge on any atom is -0.478 e. The molecule has 0 fully saturated rings. The first-order valence-corrected chi connectivity index (χ1v) is 4.23. The molecule has 0 aliphatic carbocycles. The Hall–Kier alpha value is -1.27. The van der Waals surface area contributed by atoms with E-state index in [2.05, 4.69) is 11.8 Å². The summed E-state index contributed by atoms with van der Waals surface area (Å²) in [5.74, 6) is 4.55. The molecule has 0 saturated heterocycles. The van der Waals surface area contributed by atoms with Crippen LogP contribution in [0.2, 0.25) is 0 Å². The van der Waals surface area contributed by atoms with E-state index in [1.165, 1.54) is 11.3 Å². The largest absolute Gasteiger partial charge is 0.478 e. The average molecular weight is 180 g/mol. The predicted molar refractivity (Wildman–Crippen MR) is 48.6 cm³/mol. The van der Waals surface area contributed by atoms with E-state index in [4.69, 9.17) is 5.11 Å². The number of rotatable bonds is 1. The van der Waals surface area contributed by atoms with Gasteiger partial charge in [0.1, 0.15) is 0 Å². The lowest BCUT2D eigenvalue weighted by atomic mass is 10.2. The van der Waals surface area contributed by atoms with Gasteiger partial charge in [-0.3, -0.25) is 0 Å². The topological polar surface area (TPSA) is 37.3 Å². The maximum atomic E-state index is 10.6. The summed E-state index contributed by atoms with van der Waals surface area (Å²) in [6.07, 6.45) is 0. The lowest BCUT2D eigenvalue weighted by Gasteiger charge is -1.86. The molecule has 0 radical (unpaired) electrons. The molecule has 0 spiro atoms. The van der Waals surface area contributed by atoms with Crippen molar-refractivity contribution in [3.63, 3.8) is 0 Å². The molecular weight excluding hydrogens is 172 g/mol. The van der Waals surface area contributed by atoms with Crippen molar-refractivity contribution in [1.82, 2.24) is 0 Å². The van der Waals surface area contributed by atoms with Gasteiger partial charge in [-0.15, -0.1) is 17.3 Å². The summed E-state index contributed by atoms with van der Waals surface area (Å²) in [4.78, 5) is 12.3. The van der Waals surface area contributed by atoms with Gasteiger partial charge in [-0.1, -0.05) is 5.92 Å². The number of hydrogen-bond donors (Lipinski definition) is 1. The van der Waals surface area contributed by atoms with Crippen LogP contribution in [0, 0.1) is 18.8 Å². The number of carboxylic acids is 1. The fourth-order valence-electron chi connectivity index (χ4n) is 0.879. The molecule has 1 N–H and O–H groups in total. The molecule has 2 nitrogen and oxygen atoms in total. The minimum absolute atomic E-state index is 0.312. The first kappa shape index (κ1) is 8.82. The van der Waals surface area contributed by atoms with Crippen LogP contribution in [0.3, 0.4) is 0 Å². The van der Waals surface area contributed by atoms with Crippen LogP contribution in [0.1, 0.15) is 27.0 Å². The SMILES string of the molecule is CC#Cc1sc(C)cc1C(=O)O. The second kappa shape index (κ2) is 3.42. The van der Waals surface area contributed by atoms with Gasteiger partial charge < -0.3 is 5.11 Å². The third kappa shape index (κ3) is 1.66. The summed E-state index contributed by atoms with van der Waals surface area (Å²) in [7, 11) is 0. The molecule has 0 saturated carbocycles. The van der Waals surface area contributed by atoms with Gasteiger partial charge in [0, 0.05) is 4.88 Å². The van der Waals surface area contributed by atoms with Crippen LogP contribution in [0.15, 0.2) is 6.07 Å². The van der Waals surface area contributed by atoms with Crippen molar-refractivity contribution >= 4 is 17.3 Å². The Morgan fingerprint density at radius 3 is 2.83 bits per heavy atom. The fraction of sp³-hybridized carbons (Fsp3) is 0.222. The Balaban J connectivity index is 3.23. The maximum Gasteiger partial charge on any atom is 0.337 e. The fourth-order valence-corrected chi connectivity index (χ4v) is 1.79. The van der Waals surface area contributed by atoms with E-state index in [9.17, 15) is 4.79 Å². The molecule has 62 valence electrons. The number of thiophene rings is 1. The monoisotopic (exact) mass is 180 g/mol.